The fourth-order valence-corrected chi connectivity index (χ4v) is 2.40. The number of furan rings is 1. The molecule has 24 heavy (non-hydrogen) atoms. The van der Waals surface area contributed by atoms with E-state index in [1.807, 2.05) is 19.1 Å². The molecule has 0 aliphatic carbocycles. The van der Waals surface area contributed by atoms with Gasteiger partial charge in [-0.05, 0) is 30.0 Å². The first-order valence-electron chi connectivity index (χ1n) is 8.00. The predicted molar refractivity (Wildman–Crippen MR) is 99.6 cm³/mol. The normalized spacial score (nSPS) is 11.8. The summed E-state index contributed by atoms with van der Waals surface area (Å²) in [6.07, 6.45) is 0. The van der Waals surface area contributed by atoms with Crippen molar-refractivity contribution in [3.05, 3.63) is 47.7 Å². The zero-order valence-electron chi connectivity index (χ0n) is 14.6. The van der Waals surface area contributed by atoms with Gasteiger partial charge in [0, 0.05) is 12.1 Å². The van der Waals surface area contributed by atoms with Crippen LogP contribution < -0.4 is 10.9 Å². The van der Waals surface area contributed by atoms with Gasteiger partial charge in [-0.15, -0.1) is 0 Å². The van der Waals surface area contributed by atoms with Gasteiger partial charge in [-0.3, -0.25) is 10.2 Å². The van der Waals surface area contributed by atoms with Gasteiger partial charge in [0.15, 0.2) is 0 Å². The van der Waals surface area contributed by atoms with Crippen LogP contribution in [0.4, 0.5) is 4.79 Å². The Bertz CT molecular complexity index is 674. The number of carbonyl (C=O) groups is 1. The fraction of sp³-hybridized carbons (Fsp3) is 0.389. The molecule has 1 aromatic carbocycles. The van der Waals surface area contributed by atoms with Crippen LogP contribution in [0.5, 0.6) is 0 Å². The molecule has 5 nitrogen and oxygen atoms in total. The molecule has 0 atom stereocenters. The highest BCUT2D eigenvalue weighted by molar-refractivity contribution is 7.96. The minimum Gasteiger partial charge on any atom is -0.460 e. The molecule has 1 aromatic heterocycles. The lowest BCUT2D eigenvalue weighted by atomic mass is 9.86. The lowest BCUT2D eigenvalue weighted by molar-refractivity contribution is 0.133. The van der Waals surface area contributed by atoms with Gasteiger partial charge >= 0.3 is 0 Å². The molecule has 130 valence electrons. The molecule has 0 fully saturated rings. The van der Waals surface area contributed by atoms with Crippen molar-refractivity contribution in [2.75, 3.05) is 6.54 Å². The highest BCUT2D eigenvalue weighted by Gasteiger charge is 2.14. The zero-order chi connectivity index (χ0) is 17.7. The van der Waals surface area contributed by atoms with E-state index < -0.39 is 5.24 Å². The highest BCUT2D eigenvalue weighted by atomic mass is 32.1. The van der Waals surface area contributed by atoms with E-state index in [0.717, 1.165) is 17.1 Å². The summed E-state index contributed by atoms with van der Waals surface area (Å²) in [5, 5.41) is 1.15. The second-order valence-electron chi connectivity index (χ2n) is 6.59. The molecular weight excluding hydrogens is 322 g/mol. The summed E-state index contributed by atoms with van der Waals surface area (Å²) in [7, 11) is 0. The Morgan fingerprint density at radius 1 is 1.17 bits per heavy atom. The van der Waals surface area contributed by atoms with Crippen molar-refractivity contribution in [1.82, 2.24) is 16.0 Å². The number of benzene rings is 1. The topological polar surface area (TPSA) is 57.5 Å². The third-order valence-electron chi connectivity index (χ3n) is 3.69. The van der Waals surface area contributed by atoms with Crippen molar-refractivity contribution in [3.63, 3.8) is 0 Å². The summed E-state index contributed by atoms with van der Waals surface area (Å²) in [5.41, 5.74) is 8.11. The molecule has 1 amide bonds. The lowest BCUT2D eigenvalue weighted by Gasteiger charge is -2.20. The van der Waals surface area contributed by atoms with Gasteiger partial charge in [0.1, 0.15) is 11.5 Å². The summed E-state index contributed by atoms with van der Waals surface area (Å²) < 4.78 is 5.87. The number of hydrogen-bond acceptors (Lipinski definition) is 4. The predicted octanol–water partition coefficient (Wildman–Crippen LogP) is 4.13. The van der Waals surface area contributed by atoms with Gasteiger partial charge in [0.05, 0.1) is 6.54 Å². The lowest BCUT2D eigenvalue weighted by Crippen LogP contribution is -2.48. The van der Waals surface area contributed by atoms with E-state index in [0.29, 0.717) is 13.1 Å². The van der Waals surface area contributed by atoms with Crippen molar-refractivity contribution >= 4 is 17.9 Å². The van der Waals surface area contributed by atoms with Crippen molar-refractivity contribution in [3.8, 4) is 11.3 Å². The van der Waals surface area contributed by atoms with Gasteiger partial charge < -0.3 is 4.42 Å². The van der Waals surface area contributed by atoms with E-state index in [1.165, 1.54) is 5.56 Å². The number of hydrazine groups is 2. The SMILES string of the molecule is CCN(NCc1ccc(-c2ccc(C(C)(C)C)cc2)o1)NC(=O)S. The third-order valence-corrected chi connectivity index (χ3v) is 3.79. The molecule has 0 bridgehead atoms. The molecule has 0 spiro atoms. The van der Waals surface area contributed by atoms with Gasteiger partial charge in [-0.25, -0.2) is 5.43 Å². The minimum absolute atomic E-state index is 0.137. The number of carbonyl (C=O) groups excluding carboxylic acids is 1. The molecule has 6 heteroatoms. The van der Waals surface area contributed by atoms with E-state index in [2.05, 4.69) is 68.5 Å². The standard InChI is InChI=1S/C18H25N3O2S/c1-5-21(20-17(22)24)19-12-15-10-11-16(23-15)13-6-8-14(9-7-13)18(2,3)4/h6-11,19H,5,12H2,1-4H3,(H2,20,22,24). The summed E-state index contributed by atoms with van der Waals surface area (Å²) in [5.74, 6) is 1.62. The maximum absolute atomic E-state index is 11.0. The molecule has 2 aromatic rings. The monoisotopic (exact) mass is 347 g/mol. The van der Waals surface area contributed by atoms with Crippen LogP contribution in [-0.4, -0.2) is 16.9 Å². The number of rotatable bonds is 6. The largest absolute Gasteiger partial charge is 0.460 e. The van der Waals surface area contributed by atoms with Crippen LogP contribution in [0.3, 0.4) is 0 Å². The summed E-state index contributed by atoms with van der Waals surface area (Å²) in [6.45, 7) is 9.59. The van der Waals surface area contributed by atoms with Crippen LogP contribution in [0.15, 0.2) is 40.8 Å². The van der Waals surface area contributed by atoms with Crippen LogP contribution in [0.2, 0.25) is 0 Å². The smallest absolute Gasteiger partial charge is 0.291 e. The zero-order valence-corrected chi connectivity index (χ0v) is 15.5. The molecule has 0 radical (unpaired) electrons. The second kappa shape index (κ2) is 7.88. The van der Waals surface area contributed by atoms with E-state index in [1.54, 1.807) is 5.12 Å². The molecule has 0 saturated heterocycles. The Morgan fingerprint density at radius 3 is 2.38 bits per heavy atom. The van der Waals surface area contributed by atoms with Crippen molar-refractivity contribution in [1.29, 1.82) is 0 Å². The van der Waals surface area contributed by atoms with E-state index >= 15 is 0 Å². The minimum atomic E-state index is -0.413. The number of amides is 1. The van der Waals surface area contributed by atoms with Gasteiger partial charge in [0.25, 0.3) is 5.24 Å². The number of thiol groups is 1. The average molecular weight is 347 g/mol. The number of nitrogens with one attached hydrogen (secondary N) is 2. The molecule has 0 aliphatic rings. The molecule has 1 heterocycles. The number of hydrogen-bond donors (Lipinski definition) is 3. The summed E-state index contributed by atoms with van der Waals surface area (Å²) >= 11 is 3.70. The number of nitrogens with zero attached hydrogens (tertiary/aromatic N) is 1. The Morgan fingerprint density at radius 2 is 1.83 bits per heavy atom. The maximum Gasteiger partial charge on any atom is 0.291 e. The summed E-state index contributed by atoms with van der Waals surface area (Å²) in [6, 6.07) is 12.3. The summed E-state index contributed by atoms with van der Waals surface area (Å²) in [4.78, 5) is 11.0. The Hall–Kier alpha value is -1.76. The van der Waals surface area contributed by atoms with Crippen molar-refractivity contribution in [2.45, 2.75) is 39.7 Å². The van der Waals surface area contributed by atoms with Crippen LogP contribution in [-0.2, 0) is 12.0 Å². The quantitative estimate of drug-likeness (QED) is 0.543. The first-order valence-corrected chi connectivity index (χ1v) is 8.44. The van der Waals surface area contributed by atoms with Crippen molar-refractivity contribution < 1.29 is 9.21 Å². The maximum atomic E-state index is 11.0. The Balaban J connectivity index is 2.01. The molecule has 2 N–H and O–H groups in total. The third kappa shape index (κ3) is 5.12. The molecule has 0 saturated carbocycles. The molecule has 0 unspecified atom stereocenters. The van der Waals surface area contributed by atoms with E-state index in [4.69, 9.17) is 4.42 Å². The van der Waals surface area contributed by atoms with E-state index in [9.17, 15) is 4.79 Å². The molecular formula is C18H25N3O2S. The van der Waals surface area contributed by atoms with Crippen LogP contribution in [0.1, 0.15) is 39.0 Å². The van der Waals surface area contributed by atoms with Crippen LogP contribution in [0.25, 0.3) is 11.3 Å². The second-order valence-corrected chi connectivity index (χ2v) is 7.00. The van der Waals surface area contributed by atoms with Crippen LogP contribution >= 0.6 is 12.6 Å². The average Bonchev–Trinajstić information content (AvgIpc) is 2.99. The van der Waals surface area contributed by atoms with Crippen LogP contribution in [0, 0.1) is 0 Å². The Kier molecular flexibility index (Phi) is 6.10. The first-order chi connectivity index (χ1) is 11.3. The fourth-order valence-electron chi connectivity index (χ4n) is 2.28. The first kappa shape index (κ1) is 18.6. The highest BCUT2D eigenvalue weighted by Crippen LogP contribution is 2.27. The van der Waals surface area contributed by atoms with Crippen molar-refractivity contribution in [2.24, 2.45) is 0 Å². The van der Waals surface area contributed by atoms with Gasteiger partial charge in [-0.2, -0.15) is 5.12 Å². The molecule has 0 aliphatic heterocycles. The van der Waals surface area contributed by atoms with E-state index in [-0.39, 0.29) is 5.41 Å². The van der Waals surface area contributed by atoms with Gasteiger partial charge in [0.2, 0.25) is 0 Å². The van der Waals surface area contributed by atoms with Gasteiger partial charge in [-0.1, -0.05) is 57.7 Å². The Labute approximate surface area is 148 Å². The molecule has 2 rings (SSSR count).